The number of phosphoric ester groups is 1. The highest BCUT2D eigenvalue weighted by molar-refractivity contribution is 7.46. The van der Waals surface area contributed by atoms with Crippen LogP contribution in [0.2, 0.25) is 0 Å². The van der Waals surface area contributed by atoms with E-state index in [1.165, 1.54) is 16.2 Å². The van der Waals surface area contributed by atoms with Gasteiger partial charge in [-0.05, 0) is 12.1 Å². The van der Waals surface area contributed by atoms with Crippen molar-refractivity contribution in [1.82, 2.24) is 10.2 Å². The number of carbonyl (C=O) groups is 1. The molecule has 13 heteroatoms. The zero-order valence-corrected chi connectivity index (χ0v) is 15.8. The molecule has 27 heavy (non-hydrogen) atoms. The summed E-state index contributed by atoms with van der Waals surface area (Å²) in [6.07, 6.45) is -1.96. The van der Waals surface area contributed by atoms with E-state index in [-0.39, 0.29) is 6.42 Å². The number of aliphatic hydroxyl groups is 1. The van der Waals surface area contributed by atoms with Crippen molar-refractivity contribution < 1.29 is 33.5 Å². The first-order chi connectivity index (χ1) is 12.7. The molecule has 0 radical (unpaired) electrons. The van der Waals surface area contributed by atoms with Crippen LogP contribution >= 0.6 is 19.2 Å². The average molecular weight is 420 g/mol. The van der Waals surface area contributed by atoms with Gasteiger partial charge in [0.25, 0.3) is 0 Å². The van der Waals surface area contributed by atoms with Gasteiger partial charge in [0.15, 0.2) is 0 Å². The fourth-order valence-electron chi connectivity index (χ4n) is 2.85. The summed E-state index contributed by atoms with van der Waals surface area (Å²) in [5.41, 5.74) is 12.3. The number of nitrogens with two attached hydrogens (primary N) is 2. The lowest BCUT2D eigenvalue weighted by atomic mass is 10.1. The smallest absolute Gasteiger partial charge is 0.390 e. The number of rotatable bonds is 6. The summed E-state index contributed by atoms with van der Waals surface area (Å²) in [6.45, 7) is -0.110. The van der Waals surface area contributed by atoms with Gasteiger partial charge >= 0.3 is 13.9 Å². The first-order valence-electron chi connectivity index (χ1n) is 8.07. The molecule has 1 aromatic rings. The highest BCUT2D eigenvalue weighted by atomic mass is 32.1. The lowest BCUT2D eigenvalue weighted by Gasteiger charge is -2.33. The summed E-state index contributed by atoms with van der Waals surface area (Å²) in [7, 11) is -4.69. The van der Waals surface area contributed by atoms with Crippen molar-refractivity contribution in [2.75, 3.05) is 6.61 Å². The molecule has 0 bridgehead atoms. The number of hydrogen-bond donors (Lipinski definition) is 6. The summed E-state index contributed by atoms with van der Waals surface area (Å²) >= 11 is 1.45. The Bertz CT molecular complexity index is 781. The van der Waals surface area contributed by atoms with Crippen molar-refractivity contribution in [2.24, 2.45) is 11.5 Å². The third-order valence-corrected chi connectivity index (χ3v) is 5.84. The molecular formula is C14H21N4O7PS. The Labute approximate surface area is 158 Å². The molecule has 2 amide bonds. The average Bonchev–Trinajstić information content (AvgIpc) is 3.19. The summed E-state index contributed by atoms with van der Waals surface area (Å²) in [5, 5.41) is 12.7. The molecule has 2 aliphatic rings. The molecule has 0 saturated carbocycles. The molecule has 0 spiro atoms. The predicted molar refractivity (Wildman–Crippen MR) is 95.8 cm³/mol. The molecule has 0 aliphatic carbocycles. The van der Waals surface area contributed by atoms with Gasteiger partial charge in [-0.3, -0.25) is 9.42 Å². The number of nitrogens with one attached hydrogen (secondary N) is 1. The maximum atomic E-state index is 12.3. The van der Waals surface area contributed by atoms with Crippen molar-refractivity contribution in [3.8, 4) is 0 Å². The molecule has 1 aromatic heterocycles. The molecule has 0 aromatic carbocycles. The number of hydrogen-bond acceptors (Lipinski definition) is 8. The van der Waals surface area contributed by atoms with Crippen LogP contribution in [0.25, 0.3) is 5.57 Å². The van der Waals surface area contributed by atoms with Crippen LogP contribution in [-0.2, 0) is 20.4 Å². The molecule has 1 saturated heterocycles. The van der Waals surface area contributed by atoms with Crippen LogP contribution in [0.3, 0.4) is 0 Å². The lowest BCUT2D eigenvalue weighted by Crippen LogP contribution is -2.54. The van der Waals surface area contributed by atoms with E-state index >= 15 is 0 Å². The minimum atomic E-state index is -4.69. The van der Waals surface area contributed by atoms with Gasteiger partial charge in [-0.1, -0.05) is 0 Å². The summed E-state index contributed by atoms with van der Waals surface area (Å²) < 4.78 is 20.8. The van der Waals surface area contributed by atoms with Crippen molar-refractivity contribution in [3.05, 3.63) is 28.1 Å². The first kappa shape index (κ1) is 20.4. The van der Waals surface area contributed by atoms with E-state index in [2.05, 4.69) is 9.84 Å². The molecule has 4 atom stereocenters. The number of amides is 2. The summed E-state index contributed by atoms with van der Waals surface area (Å²) in [5.74, 6) is 0. The fourth-order valence-corrected chi connectivity index (χ4v) is 4.13. The molecule has 8 N–H and O–H groups in total. The Balaban J connectivity index is 1.76. The van der Waals surface area contributed by atoms with Crippen LogP contribution < -0.4 is 16.8 Å². The van der Waals surface area contributed by atoms with Gasteiger partial charge in [-0.2, -0.15) is 0 Å². The second-order valence-electron chi connectivity index (χ2n) is 6.11. The Kier molecular flexibility index (Phi) is 6.01. The van der Waals surface area contributed by atoms with Gasteiger partial charge < -0.3 is 36.4 Å². The third-order valence-electron chi connectivity index (χ3n) is 4.20. The monoisotopic (exact) mass is 420 g/mol. The number of aliphatic hydroxyl groups excluding tert-OH is 1. The van der Waals surface area contributed by atoms with Crippen molar-refractivity contribution in [3.63, 3.8) is 0 Å². The second-order valence-corrected chi connectivity index (χ2v) is 8.52. The van der Waals surface area contributed by atoms with Gasteiger partial charge in [0, 0.05) is 34.5 Å². The van der Waals surface area contributed by atoms with Crippen LogP contribution in [0, 0.1) is 0 Å². The number of carbonyl (C=O) groups excluding carboxylic acids is 1. The highest BCUT2D eigenvalue weighted by Crippen LogP contribution is 2.38. The maximum Gasteiger partial charge on any atom is 0.469 e. The molecular weight excluding hydrogens is 399 g/mol. The molecule has 3 rings (SSSR count). The minimum absolute atomic E-state index is 0.0557. The number of phosphoric acid groups is 1. The van der Waals surface area contributed by atoms with E-state index < -0.39 is 45.1 Å². The molecule has 3 heterocycles. The van der Waals surface area contributed by atoms with E-state index in [0.717, 1.165) is 9.75 Å². The predicted octanol–water partition coefficient (Wildman–Crippen LogP) is -0.557. The summed E-state index contributed by atoms with van der Waals surface area (Å²) in [4.78, 5) is 32.9. The maximum absolute atomic E-state index is 12.3. The van der Waals surface area contributed by atoms with Crippen LogP contribution in [0.5, 0.6) is 0 Å². The van der Waals surface area contributed by atoms with Gasteiger partial charge in [0.1, 0.15) is 18.5 Å². The number of urea groups is 1. The molecule has 150 valence electrons. The fraction of sp³-hybridized carbons (Fsp3) is 0.500. The molecule has 11 nitrogen and oxygen atoms in total. The Morgan fingerprint density at radius 1 is 1.44 bits per heavy atom. The van der Waals surface area contributed by atoms with Gasteiger partial charge in [-0.25, -0.2) is 9.36 Å². The van der Waals surface area contributed by atoms with E-state index in [0.29, 0.717) is 12.1 Å². The van der Waals surface area contributed by atoms with Gasteiger partial charge in [0.2, 0.25) is 0 Å². The van der Waals surface area contributed by atoms with Crippen LogP contribution in [-0.4, -0.2) is 57.0 Å². The highest BCUT2D eigenvalue weighted by Gasteiger charge is 2.41. The Hall–Kier alpha value is -1.34. The van der Waals surface area contributed by atoms with Gasteiger partial charge in [-0.15, -0.1) is 11.3 Å². The molecule has 2 aliphatic heterocycles. The van der Waals surface area contributed by atoms with E-state index in [4.69, 9.17) is 26.0 Å². The van der Waals surface area contributed by atoms with E-state index in [1.807, 2.05) is 12.1 Å². The van der Waals surface area contributed by atoms with Crippen molar-refractivity contribution in [1.29, 1.82) is 0 Å². The topological polar surface area (TPSA) is 181 Å². The third kappa shape index (κ3) is 4.74. The number of nitrogens with zero attached hydrogens (tertiary/aromatic N) is 1. The molecule has 1 unspecified atom stereocenters. The lowest BCUT2D eigenvalue weighted by molar-refractivity contribution is -0.0531. The van der Waals surface area contributed by atoms with Crippen LogP contribution in [0.15, 0.2) is 18.3 Å². The van der Waals surface area contributed by atoms with Gasteiger partial charge in [0.05, 0.1) is 12.7 Å². The standard InChI is InChI=1S/C14H21N4O7PS/c15-4-7-1-2-11(27-7)8-5-18(14(20)17-13(8)16)12-3-9(19)10(25-12)6-24-26(21,22)23/h1-2,5,9-10,12-13,19H,3-4,6,15-16H2,(H,17,20)(H2,21,22,23)/t9-,10+,12+,13?/m0/s1. The normalized spacial score (nSPS) is 29.0. The van der Waals surface area contributed by atoms with E-state index in [9.17, 15) is 14.5 Å². The number of ether oxygens (including phenoxy) is 1. The van der Waals surface area contributed by atoms with Crippen molar-refractivity contribution in [2.45, 2.75) is 37.6 Å². The second kappa shape index (κ2) is 7.95. The zero-order valence-electron chi connectivity index (χ0n) is 14.1. The first-order valence-corrected chi connectivity index (χ1v) is 10.4. The van der Waals surface area contributed by atoms with Crippen LogP contribution in [0.4, 0.5) is 4.79 Å². The van der Waals surface area contributed by atoms with Crippen LogP contribution in [0.1, 0.15) is 16.2 Å². The molecule has 1 fully saturated rings. The SMILES string of the molecule is NCc1ccc(C2=CN([C@H]3C[C@H](O)[C@@H](COP(=O)(O)O)O3)C(=O)NC2N)s1. The zero-order chi connectivity index (χ0) is 19.8. The minimum Gasteiger partial charge on any atom is -0.390 e. The Morgan fingerprint density at radius 3 is 2.81 bits per heavy atom. The van der Waals surface area contributed by atoms with E-state index in [1.54, 1.807) is 6.20 Å². The Morgan fingerprint density at radius 2 is 2.19 bits per heavy atom. The van der Waals surface area contributed by atoms with Crippen molar-refractivity contribution >= 4 is 30.8 Å². The largest absolute Gasteiger partial charge is 0.469 e. The number of thiophene rings is 1. The summed E-state index contributed by atoms with van der Waals surface area (Å²) in [6, 6.07) is 3.23. The quantitative estimate of drug-likeness (QED) is 0.329.